The van der Waals surface area contributed by atoms with Gasteiger partial charge in [0.2, 0.25) is 0 Å². The second-order valence-corrected chi connectivity index (χ2v) is 8.51. The van der Waals surface area contributed by atoms with Crippen LogP contribution in [0.3, 0.4) is 0 Å². The average Bonchev–Trinajstić information content (AvgIpc) is 2.71. The molecule has 0 atom stereocenters. The molecule has 0 aromatic heterocycles. The van der Waals surface area contributed by atoms with Crippen molar-refractivity contribution in [3.8, 4) is 5.75 Å². The molecule has 2 bridgehead atoms. The molecule has 1 aliphatic rings. The van der Waals surface area contributed by atoms with Gasteiger partial charge in [-0.3, -0.25) is 4.90 Å². The number of fused-ring (bicyclic) bond motifs is 3. The summed E-state index contributed by atoms with van der Waals surface area (Å²) in [6.07, 6.45) is 3.87. The first kappa shape index (κ1) is 21.5. The minimum Gasteiger partial charge on any atom is -0.493 e. The molecule has 0 fully saturated rings. The van der Waals surface area contributed by atoms with Crippen molar-refractivity contribution in [3.63, 3.8) is 0 Å². The lowest BCUT2D eigenvalue weighted by molar-refractivity contribution is 0.242. The van der Waals surface area contributed by atoms with Crippen LogP contribution in [-0.4, -0.2) is 18.1 Å². The molecule has 3 aromatic carbocycles. The number of aryl methyl sites for hydroxylation is 1. The van der Waals surface area contributed by atoms with Gasteiger partial charge in [-0.05, 0) is 73.2 Å². The summed E-state index contributed by atoms with van der Waals surface area (Å²) in [4.78, 5) is 2.28. The fourth-order valence-electron chi connectivity index (χ4n) is 4.27. The van der Waals surface area contributed by atoms with Gasteiger partial charge in [0.15, 0.2) is 0 Å². The molecule has 1 heterocycles. The van der Waals surface area contributed by atoms with Gasteiger partial charge in [0.1, 0.15) is 17.4 Å². The van der Waals surface area contributed by atoms with Gasteiger partial charge >= 0.3 is 0 Å². The number of benzene rings is 3. The van der Waals surface area contributed by atoms with Crippen molar-refractivity contribution < 1.29 is 13.5 Å². The average molecular weight is 422 g/mol. The Bertz CT molecular complexity index is 1010. The molecular weight excluding hydrogens is 392 g/mol. The summed E-state index contributed by atoms with van der Waals surface area (Å²) in [5.74, 6) is -0.0711. The number of rotatable bonds is 2. The van der Waals surface area contributed by atoms with Gasteiger partial charge in [0.05, 0.1) is 6.61 Å². The zero-order valence-corrected chi connectivity index (χ0v) is 18.0. The van der Waals surface area contributed by atoms with Gasteiger partial charge in [-0.15, -0.1) is 0 Å². The third-order valence-corrected chi connectivity index (χ3v) is 5.71. The van der Waals surface area contributed by atoms with E-state index in [1.54, 1.807) is 0 Å². The molecule has 1 aliphatic heterocycles. The fourth-order valence-corrected chi connectivity index (χ4v) is 4.27. The summed E-state index contributed by atoms with van der Waals surface area (Å²) in [5.41, 5.74) is 5.56. The van der Waals surface area contributed by atoms with E-state index >= 15 is 0 Å². The second-order valence-electron chi connectivity index (χ2n) is 8.51. The van der Waals surface area contributed by atoms with Gasteiger partial charge in [-0.2, -0.15) is 0 Å². The standard InChI is InChI=1S/C27H29F2NO/c1-20-8-9-27-24(12-20)14-21-6-5-7-22(13-21)18-30(10-3-2-4-11-31-27)19-23-15-25(28)17-26(29)16-23/h5-9,12-13,15-17H,2-4,10-11,14,18-19H2,1H3. The fraction of sp³-hybridized carbons (Fsp3) is 0.333. The van der Waals surface area contributed by atoms with Gasteiger partial charge in [-0.25, -0.2) is 8.78 Å². The summed E-state index contributed by atoms with van der Waals surface area (Å²) >= 11 is 0. The van der Waals surface area contributed by atoms with Crippen molar-refractivity contribution in [2.24, 2.45) is 0 Å². The minimum atomic E-state index is -0.523. The molecule has 162 valence electrons. The third-order valence-electron chi connectivity index (χ3n) is 5.71. The predicted octanol–water partition coefficient (Wildman–Crippen LogP) is 6.43. The van der Waals surface area contributed by atoms with Gasteiger partial charge in [0, 0.05) is 25.6 Å². The highest BCUT2D eigenvalue weighted by Gasteiger charge is 2.12. The molecule has 0 N–H and O–H groups in total. The summed E-state index contributed by atoms with van der Waals surface area (Å²) in [7, 11) is 0. The first-order valence-electron chi connectivity index (χ1n) is 11.0. The van der Waals surface area contributed by atoms with Crippen molar-refractivity contribution in [1.29, 1.82) is 0 Å². The van der Waals surface area contributed by atoms with Gasteiger partial charge in [0.25, 0.3) is 0 Å². The highest BCUT2D eigenvalue weighted by Crippen LogP contribution is 2.25. The Hall–Kier alpha value is -2.72. The molecule has 0 aliphatic carbocycles. The molecule has 0 unspecified atom stereocenters. The Morgan fingerprint density at radius 1 is 0.871 bits per heavy atom. The van der Waals surface area contributed by atoms with Crippen molar-refractivity contribution in [2.45, 2.75) is 45.7 Å². The van der Waals surface area contributed by atoms with E-state index in [1.165, 1.54) is 34.4 Å². The lowest BCUT2D eigenvalue weighted by Gasteiger charge is -2.23. The molecule has 0 saturated carbocycles. The Labute approximate surface area is 183 Å². The van der Waals surface area contributed by atoms with Crippen molar-refractivity contribution in [2.75, 3.05) is 13.2 Å². The third kappa shape index (κ3) is 6.14. The van der Waals surface area contributed by atoms with Crippen LogP contribution in [0.2, 0.25) is 0 Å². The van der Waals surface area contributed by atoms with Crippen LogP contribution in [0.25, 0.3) is 0 Å². The van der Waals surface area contributed by atoms with E-state index in [2.05, 4.69) is 54.3 Å². The molecule has 31 heavy (non-hydrogen) atoms. The van der Waals surface area contributed by atoms with Crippen LogP contribution in [0, 0.1) is 18.6 Å². The summed E-state index contributed by atoms with van der Waals surface area (Å²) in [6, 6.07) is 18.8. The normalized spacial score (nSPS) is 15.6. The molecule has 4 rings (SSSR count). The Kier molecular flexibility index (Phi) is 6.98. The van der Waals surface area contributed by atoms with Crippen LogP contribution in [0.1, 0.15) is 47.1 Å². The van der Waals surface area contributed by atoms with E-state index in [1.807, 2.05) is 0 Å². The largest absolute Gasteiger partial charge is 0.493 e. The first-order chi connectivity index (χ1) is 15.0. The molecular formula is C27H29F2NO. The van der Waals surface area contributed by atoms with E-state index in [-0.39, 0.29) is 0 Å². The number of ether oxygens (including phenoxy) is 1. The van der Waals surface area contributed by atoms with Crippen LogP contribution in [-0.2, 0) is 19.5 Å². The van der Waals surface area contributed by atoms with Gasteiger partial charge in [-0.1, -0.05) is 42.0 Å². The quantitative estimate of drug-likeness (QED) is 0.473. The molecule has 2 nitrogen and oxygen atoms in total. The molecule has 0 amide bonds. The number of hydrogen-bond donors (Lipinski definition) is 0. The monoisotopic (exact) mass is 421 g/mol. The van der Waals surface area contributed by atoms with Crippen LogP contribution < -0.4 is 4.74 Å². The topological polar surface area (TPSA) is 12.5 Å². The Balaban J connectivity index is 1.59. The number of halogens is 2. The molecule has 4 heteroatoms. The predicted molar refractivity (Wildman–Crippen MR) is 120 cm³/mol. The van der Waals surface area contributed by atoms with Crippen LogP contribution in [0.5, 0.6) is 5.75 Å². The molecule has 0 spiro atoms. The maximum atomic E-state index is 13.7. The molecule has 0 radical (unpaired) electrons. The highest BCUT2D eigenvalue weighted by molar-refractivity contribution is 5.41. The van der Waals surface area contributed by atoms with E-state index in [4.69, 9.17) is 4.74 Å². The van der Waals surface area contributed by atoms with Crippen LogP contribution in [0.15, 0.2) is 60.7 Å². The van der Waals surface area contributed by atoms with Crippen LogP contribution >= 0.6 is 0 Å². The van der Waals surface area contributed by atoms with Gasteiger partial charge < -0.3 is 4.74 Å². The zero-order valence-electron chi connectivity index (χ0n) is 18.0. The minimum absolute atomic E-state index is 0.523. The maximum absolute atomic E-state index is 13.7. The number of nitrogens with zero attached hydrogens (tertiary/aromatic N) is 1. The first-order valence-corrected chi connectivity index (χ1v) is 11.0. The van der Waals surface area contributed by atoms with E-state index in [0.717, 1.165) is 50.6 Å². The zero-order chi connectivity index (χ0) is 21.6. The highest BCUT2D eigenvalue weighted by atomic mass is 19.1. The second kappa shape index (κ2) is 10.1. The molecule has 3 aromatic rings. The van der Waals surface area contributed by atoms with Crippen molar-refractivity contribution in [3.05, 3.63) is 100 Å². The van der Waals surface area contributed by atoms with E-state index in [9.17, 15) is 8.78 Å². The Morgan fingerprint density at radius 3 is 2.52 bits per heavy atom. The summed E-state index contributed by atoms with van der Waals surface area (Å²) in [6.45, 7) is 4.96. The smallest absolute Gasteiger partial charge is 0.126 e. The summed E-state index contributed by atoms with van der Waals surface area (Å²) in [5, 5.41) is 0. The summed E-state index contributed by atoms with van der Waals surface area (Å²) < 4.78 is 33.5. The maximum Gasteiger partial charge on any atom is 0.126 e. The van der Waals surface area contributed by atoms with Crippen LogP contribution in [0.4, 0.5) is 8.78 Å². The SMILES string of the molecule is Cc1ccc2c(c1)Cc1cccc(c1)CN(Cc1cc(F)cc(F)c1)CCCCCO2. The lowest BCUT2D eigenvalue weighted by Crippen LogP contribution is -2.24. The Morgan fingerprint density at radius 2 is 1.68 bits per heavy atom. The molecule has 0 saturated heterocycles. The van der Waals surface area contributed by atoms with E-state index < -0.39 is 11.6 Å². The van der Waals surface area contributed by atoms with Crippen molar-refractivity contribution >= 4 is 0 Å². The number of hydrogen-bond acceptors (Lipinski definition) is 2. The lowest BCUT2D eigenvalue weighted by atomic mass is 10.00. The van der Waals surface area contributed by atoms with Crippen molar-refractivity contribution in [1.82, 2.24) is 4.90 Å². The van der Waals surface area contributed by atoms with E-state index in [0.29, 0.717) is 18.7 Å².